The van der Waals surface area contributed by atoms with Crippen molar-refractivity contribution in [2.75, 3.05) is 0 Å². The molecule has 2 unspecified atom stereocenters. The second-order valence-electron chi connectivity index (χ2n) is 5.94. The quantitative estimate of drug-likeness (QED) is 0.390. The molecule has 0 spiro atoms. The van der Waals surface area contributed by atoms with E-state index in [4.69, 9.17) is 5.11 Å². The summed E-state index contributed by atoms with van der Waals surface area (Å²) in [6.45, 7) is 2.27. The molecule has 0 aromatic rings. The van der Waals surface area contributed by atoms with E-state index < -0.39 is 5.97 Å². The molecule has 1 aliphatic carbocycles. The van der Waals surface area contributed by atoms with E-state index >= 15 is 0 Å². The van der Waals surface area contributed by atoms with Gasteiger partial charge in [-0.25, -0.2) is 0 Å². The van der Waals surface area contributed by atoms with Crippen LogP contribution in [0.5, 0.6) is 0 Å². The summed E-state index contributed by atoms with van der Waals surface area (Å²) >= 11 is 0. The van der Waals surface area contributed by atoms with Crippen molar-refractivity contribution in [3.8, 4) is 0 Å². The predicted octanol–water partition coefficient (Wildman–Crippen LogP) is 5.18. The third kappa shape index (κ3) is 8.85. The van der Waals surface area contributed by atoms with E-state index in [9.17, 15) is 4.79 Å². The summed E-state index contributed by atoms with van der Waals surface area (Å²) < 4.78 is 0. The fourth-order valence-corrected chi connectivity index (χ4v) is 2.77. The van der Waals surface area contributed by atoms with Gasteiger partial charge in [-0.05, 0) is 43.9 Å². The maximum Gasteiger partial charge on any atom is 0.303 e. The average Bonchev–Trinajstić information content (AvgIpc) is 3.12. The monoisotopic (exact) mass is 266 g/mol. The van der Waals surface area contributed by atoms with E-state index in [-0.39, 0.29) is 0 Å². The molecule has 2 nitrogen and oxygen atoms in total. The Hall–Kier alpha value is -0.790. The van der Waals surface area contributed by atoms with Crippen molar-refractivity contribution in [2.45, 2.75) is 77.6 Å². The molecule has 2 heteroatoms. The minimum Gasteiger partial charge on any atom is -0.481 e. The van der Waals surface area contributed by atoms with Crippen molar-refractivity contribution >= 4 is 5.97 Å². The molecule has 1 rings (SSSR count). The lowest BCUT2D eigenvalue weighted by atomic mass is 10.1. The van der Waals surface area contributed by atoms with Gasteiger partial charge in [-0.3, -0.25) is 4.79 Å². The Bertz CT molecular complexity index is 270. The Kier molecular flexibility index (Phi) is 8.61. The smallest absolute Gasteiger partial charge is 0.303 e. The third-order valence-electron chi connectivity index (χ3n) is 4.13. The fraction of sp³-hybridized carbons (Fsp3) is 0.824. The molecule has 1 saturated carbocycles. The summed E-state index contributed by atoms with van der Waals surface area (Å²) in [6, 6.07) is 0. The molecule has 0 radical (unpaired) electrons. The molecule has 0 saturated heterocycles. The van der Waals surface area contributed by atoms with Crippen molar-refractivity contribution < 1.29 is 9.90 Å². The highest BCUT2D eigenvalue weighted by molar-refractivity contribution is 5.66. The molecule has 1 N–H and O–H groups in total. The number of aliphatic carboxylic acids is 1. The van der Waals surface area contributed by atoms with Crippen LogP contribution in [0.25, 0.3) is 0 Å². The number of unbranched alkanes of at least 4 members (excludes halogenated alkanes) is 4. The number of carboxylic acids is 1. The second-order valence-corrected chi connectivity index (χ2v) is 5.94. The zero-order valence-electron chi connectivity index (χ0n) is 12.4. The van der Waals surface area contributed by atoms with Crippen LogP contribution < -0.4 is 0 Å². The molecule has 0 heterocycles. The van der Waals surface area contributed by atoms with Gasteiger partial charge in [0.05, 0.1) is 0 Å². The first-order chi connectivity index (χ1) is 9.24. The molecule has 0 bridgehead atoms. The van der Waals surface area contributed by atoms with Crippen LogP contribution in [0.1, 0.15) is 77.6 Å². The van der Waals surface area contributed by atoms with Crippen LogP contribution >= 0.6 is 0 Å². The van der Waals surface area contributed by atoms with Gasteiger partial charge in [0.25, 0.3) is 0 Å². The van der Waals surface area contributed by atoms with E-state index in [1.54, 1.807) is 0 Å². The number of rotatable bonds is 12. The second kappa shape index (κ2) is 10.1. The predicted molar refractivity (Wildman–Crippen MR) is 80.2 cm³/mol. The van der Waals surface area contributed by atoms with Crippen LogP contribution in [0.4, 0.5) is 0 Å². The molecular weight excluding hydrogens is 236 g/mol. The van der Waals surface area contributed by atoms with Gasteiger partial charge in [-0.15, -0.1) is 0 Å². The summed E-state index contributed by atoms with van der Waals surface area (Å²) in [5, 5.41) is 8.51. The minimum atomic E-state index is -0.683. The molecule has 1 aliphatic rings. The Balaban J connectivity index is 1.86. The zero-order chi connectivity index (χ0) is 13.9. The van der Waals surface area contributed by atoms with Gasteiger partial charge in [0.15, 0.2) is 0 Å². The first-order valence-corrected chi connectivity index (χ1v) is 8.10. The van der Waals surface area contributed by atoms with E-state index in [0.29, 0.717) is 6.42 Å². The standard InChI is InChI=1S/C17H30O2/c1-2-3-4-8-11-15-14-16(15)12-9-6-5-7-10-13-17(18)19/h5-6,15-16H,2-4,7-14H2,1H3,(H,18,19)/b6-5+. The van der Waals surface area contributed by atoms with Crippen molar-refractivity contribution in [3.05, 3.63) is 12.2 Å². The van der Waals surface area contributed by atoms with Crippen LogP contribution in [0, 0.1) is 11.8 Å². The van der Waals surface area contributed by atoms with Crippen molar-refractivity contribution in [1.82, 2.24) is 0 Å². The Morgan fingerprint density at radius 3 is 2.53 bits per heavy atom. The number of hydrogen-bond donors (Lipinski definition) is 1. The van der Waals surface area contributed by atoms with E-state index in [1.165, 1.54) is 51.4 Å². The summed E-state index contributed by atoms with van der Waals surface area (Å²) in [6.07, 6.45) is 17.4. The van der Waals surface area contributed by atoms with E-state index in [1.807, 2.05) is 0 Å². The largest absolute Gasteiger partial charge is 0.481 e. The molecule has 110 valence electrons. The Labute approximate surface area is 118 Å². The third-order valence-corrected chi connectivity index (χ3v) is 4.13. The minimum absolute atomic E-state index is 0.298. The highest BCUT2D eigenvalue weighted by Gasteiger charge is 2.34. The maximum atomic E-state index is 10.3. The average molecular weight is 266 g/mol. The van der Waals surface area contributed by atoms with Gasteiger partial charge in [0.1, 0.15) is 0 Å². The summed E-state index contributed by atoms with van der Waals surface area (Å²) in [7, 11) is 0. The van der Waals surface area contributed by atoms with Crippen molar-refractivity contribution in [1.29, 1.82) is 0 Å². The number of carboxylic acid groups (broad SMARTS) is 1. The van der Waals surface area contributed by atoms with Gasteiger partial charge >= 0.3 is 5.97 Å². The number of carbonyl (C=O) groups is 1. The van der Waals surface area contributed by atoms with Crippen molar-refractivity contribution in [2.24, 2.45) is 11.8 Å². The number of hydrogen-bond acceptors (Lipinski definition) is 1. The molecule has 0 amide bonds. The van der Waals surface area contributed by atoms with E-state index in [2.05, 4.69) is 19.1 Å². The van der Waals surface area contributed by atoms with Gasteiger partial charge in [0, 0.05) is 6.42 Å². The fourth-order valence-electron chi connectivity index (χ4n) is 2.77. The lowest BCUT2D eigenvalue weighted by molar-refractivity contribution is -0.137. The summed E-state index contributed by atoms with van der Waals surface area (Å²) in [4.78, 5) is 10.3. The van der Waals surface area contributed by atoms with Crippen LogP contribution in [0.15, 0.2) is 12.2 Å². The molecule has 0 aromatic heterocycles. The molecule has 0 aliphatic heterocycles. The molecule has 19 heavy (non-hydrogen) atoms. The van der Waals surface area contributed by atoms with Gasteiger partial charge in [0.2, 0.25) is 0 Å². The highest BCUT2D eigenvalue weighted by Crippen LogP contribution is 2.45. The van der Waals surface area contributed by atoms with E-state index in [0.717, 1.165) is 24.7 Å². The lowest BCUT2D eigenvalue weighted by Crippen LogP contribution is -1.92. The molecule has 2 atom stereocenters. The highest BCUT2D eigenvalue weighted by atomic mass is 16.4. The van der Waals surface area contributed by atoms with Crippen LogP contribution in [-0.2, 0) is 4.79 Å². The Morgan fingerprint density at radius 1 is 1.05 bits per heavy atom. The zero-order valence-corrected chi connectivity index (χ0v) is 12.4. The summed E-state index contributed by atoms with van der Waals surface area (Å²) in [5.74, 6) is 1.33. The van der Waals surface area contributed by atoms with Crippen LogP contribution in [0.3, 0.4) is 0 Å². The SMILES string of the molecule is CCCCCCC1CC1CC/C=C/CCCC(=O)O. The van der Waals surface area contributed by atoms with Crippen LogP contribution in [0.2, 0.25) is 0 Å². The van der Waals surface area contributed by atoms with Gasteiger partial charge < -0.3 is 5.11 Å². The maximum absolute atomic E-state index is 10.3. The molecule has 0 aromatic carbocycles. The summed E-state index contributed by atoms with van der Waals surface area (Å²) in [5.41, 5.74) is 0. The normalized spacial score (nSPS) is 21.9. The first-order valence-electron chi connectivity index (χ1n) is 8.10. The number of allylic oxidation sites excluding steroid dienone is 2. The van der Waals surface area contributed by atoms with Crippen LogP contribution in [-0.4, -0.2) is 11.1 Å². The first kappa shape index (κ1) is 16.3. The molecule has 1 fully saturated rings. The van der Waals surface area contributed by atoms with Crippen molar-refractivity contribution in [3.63, 3.8) is 0 Å². The lowest BCUT2D eigenvalue weighted by Gasteiger charge is -1.99. The van der Waals surface area contributed by atoms with Gasteiger partial charge in [-0.2, -0.15) is 0 Å². The Morgan fingerprint density at radius 2 is 1.79 bits per heavy atom. The molecular formula is C17H30O2. The topological polar surface area (TPSA) is 37.3 Å². The van der Waals surface area contributed by atoms with Gasteiger partial charge in [-0.1, -0.05) is 51.2 Å².